The third-order valence-electron chi connectivity index (χ3n) is 4.59. The first-order chi connectivity index (χ1) is 13.1. The molecule has 0 unspecified atom stereocenters. The number of anilines is 1. The number of aryl methyl sites for hydroxylation is 1. The lowest BCUT2D eigenvalue weighted by molar-refractivity contribution is -0.126. The number of carbonyl (C=O) groups is 2. The molecule has 0 fully saturated rings. The summed E-state index contributed by atoms with van der Waals surface area (Å²) in [5, 5.41) is 5.77. The van der Waals surface area contributed by atoms with Crippen LogP contribution in [0.4, 0.5) is 5.69 Å². The van der Waals surface area contributed by atoms with E-state index in [1.807, 2.05) is 43.3 Å². The minimum absolute atomic E-state index is 0.0490. The Morgan fingerprint density at radius 3 is 2.81 bits per heavy atom. The van der Waals surface area contributed by atoms with Crippen LogP contribution < -0.4 is 15.4 Å². The first-order valence-corrected chi connectivity index (χ1v) is 8.98. The fourth-order valence-corrected chi connectivity index (χ4v) is 3.09. The zero-order chi connectivity index (χ0) is 19.2. The van der Waals surface area contributed by atoms with Gasteiger partial charge in [0.15, 0.2) is 0 Å². The average molecular weight is 368 g/mol. The van der Waals surface area contributed by atoms with Gasteiger partial charge in [-0.25, -0.2) is 0 Å². The van der Waals surface area contributed by atoms with Crippen molar-refractivity contribution in [2.24, 2.45) is 5.92 Å². The second-order valence-corrected chi connectivity index (χ2v) is 6.59. The molecule has 142 valence electrons. The molecule has 6 heteroatoms. The number of nitrogens with one attached hydrogen (secondary N) is 2. The molecule has 27 heavy (non-hydrogen) atoms. The van der Waals surface area contributed by atoms with Crippen LogP contribution in [0.1, 0.15) is 21.5 Å². The summed E-state index contributed by atoms with van der Waals surface area (Å²) < 4.78 is 10.7. The monoisotopic (exact) mass is 368 g/mol. The van der Waals surface area contributed by atoms with E-state index in [9.17, 15) is 9.59 Å². The number of hydrogen-bond acceptors (Lipinski definition) is 4. The van der Waals surface area contributed by atoms with E-state index in [0.29, 0.717) is 37.4 Å². The van der Waals surface area contributed by atoms with Gasteiger partial charge in [-0.3, -0.25) is 9.59 Å². The molecule has 2 N–H and O–H groups in total. The molecule has 3 rings (SSSR count). The predicted molar refractivity (Wildman–Crippen MR) is 103 cm³/mol. The Kier molecular flexibility index (Phi) is 6.08. The summed E-state index contributed by atoms with van der Waals surface area (Å²) in [5.41, 5.74) is 3.16. The van der Waals surface area contributed by atoms with Crippen LogP contribution >= 0.6 is 0 Å². The summed E-state index contributed by atoms with van der Waals surface area (Å²) in [7, 11) is 1.60. The van der Waals surface area contributed by atoms with E-state index < -0.39 is 0 Å². The number of benzene rings is 2. The maximum absolute atomic E-state index is 12.5. The number of fused-ring (bicyclic) bond motifs is 1. The summed E-state index contributed by atoms with van der Waals surface area (Å²) in [6, 6.07) is 13.0. The zero-order valence-electron chi connectivity index (χ0n) is 15.6. The molecule has 2 amide bonds. The Labute approximate surface area is 158 Å². The minimum atomic E-state index is -0.253. The van der Waals surface area contributed by atoms with Gasteiger partial charge in [-0.15, -0.1) is 0 Å². The molecule has 1 aliphatic rings. The lowest BCUT2D eigenvalue weighted by Gasteiger charge is -2.25. The molecule has 0 spiro atoms. The van der Waals surface area contributed by atoms with Gasteiger partial charge in [-0.05, 0) is 48.7 Å². The van der Waals surface area contributed by atoms with Crippen molar-refractivity contribution in [3.05, 3.63) is 59.2 Å². The number of methoxy groups -OCH3 is 1. The number of carbonyl (C=O) groups excluding carboxylic acids is 2. The van der Waals surface area contributed by atoms with Gasteiger partial charge in [0.05, 0.1) is 12.5 Å². The lowest BCUT2D eigenvalue weighted by Crippen LogP contribution is -2.38. The molecule has 0 radical (unpaired) electrons. The predicted octanol–water partition coefficient (Wildman–Crippen LogP) is 2.56. The van der Waals surface area contributed by atoms with E-state index in [1.165, 1.54) is 0 Å². The average Bonchev–Trinajstić information content (AvgIpc) is 2.67. The van der Waals surface area contributed by atoms with E-state index in [0.717, 1.165) is 16.9 Å². The summed E-state index contributed by atoms with van der Waals surface area (Å²) >= 11 is 0. The van der Waals surface area contributed by atoms with Gasteiger partial charge < -0.3 is 20.1 Å². The van der Waals surface area contributed by atoms with Crippen molar-refractivity contribution in [3.8, 4) is 5.75 Å². The van der Waals surface area contributed by atoms with Gasteiger partial charge in [-0.2, -0.15) is 0 Å². The number of hydrogen-bond donors (Lipinski definition) is 2. The summed E-state index contributed by atoms with van der Waals surface area (Å²) in [4.78, 5) is 24.8. The second-order valence-electron chi connectivity index (χ2n) is 6.59. The summed E-state index contributed by atoms with van der Waals surface area (Å²) in [6.07, 6.45) is 0.572. The minimum Gasteiger partial charge on any atom is -0.492 e. The highest BCUT2D eigenvalue weighted by molar-refractivity contribution is 6.05. The first-order valence-electron chi connectivity index (χ1n) is 8.98. The topological polar surface area (TPSA) is 76.7 Å². The fourth-order valence-electron chi connectivity index (χ4n) is 3.09. The van der Waals surface area contributed by atoms with Gasteiger partial charge in [-0.1, -0.05) is 18.2 Å². The number of ether oxygens (including phenoxy) is 2. The van der Waals surface area contributed by atoms with Crippen molar-refractivity contribution in [2.75, 3.05) is 32.2 Å². The summed E-state index contributed by atoms with van der Waals surface area (Å²) in [5.74, 6) is 0.298. The Balaban J connectivity index is 1.68. The van der Waals surface area contributed by atoms with Crippen molar-refractivity contribution in [1.82, 2.24) is 5.32 Å². The smallest absolute Gasteiger partial charge is 0.255 e. The SMILES string of the molecule is COCCNC(=O)[C@@H]1COc2ccc(NC(=O)c3ccccc3C)cc2C1. The molecule has 2 aromatic carbocycles. The van der Waals surface area contributed by atoms with Crippen molar-refractivity contribution in [2.45, 2.75) is 13.3 Å². The maximum Gasteiger partial charge on any atom is 0.255 e. The Morgan fingerprint density at radius 2 is 2.04 bits per heavy atom. The Hall–Kier alpha value is -2.86. The highest BCUT2D eigenvalue weighted by Gasteiger charge is 2.26. The number of rotatable bonds is 6. The van der Waals surface area contributed by atoms with Crippen molar-refractivity contribution in [3.63, 3.8) is 0 Å². The van der Waals surface area contributed by atoms with Gasteiger partial charge in [0.2, 0.25) is 5.91 Å². The fraction of sp³-hybridized carbons (Fsp3) is 0.333. The van der Waals surface area contributed by atoms with Gasteiger partial charge in [0, 0.05) is 24.9 Å². The van der Waals surface area contributed by atoms with Crippen molar-refractivity contribution < 1.29 is 19.1 Å². The molecular weight excluding hydrogens is 344 g/mol. The van der Waals surface area contributed by atoms with Crippen molar-refractivity contribution in [1.29, 1.82) is 0 Å². The van der Waals surface area contributed by atoms with Crippen LogP contribution in [0.5, 0.6) is 5.75 Å². The van der Waals surface area contributed by atoms with Crippen LogP contribution in [0.15, 0.2) is 42.5 Å². The quantitative estimate of drug-likeness (QED) is 0.769. The van der Waals surface area contributed by atoms with Gasteiger partial charge >= 0.3 is 0 Å². The van der Waals surface area contributed by atoms with Crippen LogP contribution in [-0.4, -0.2) is 38.7 Å². The standard InChI is InChI=1S/C21H24N2O4/c1-14-5-3-4-6-18(14)21(25)23-17-7-8-19-15(12-17)11-16(13-27-19)20(24)22-9-10-26-2/h3-8,12,16H,9-11,13H2,1-2H3,(H,22,24)(H,23,25)/t16-/m0/s1. The normalized spacial score (nSPS) is 15.4. The van der Waals surface area contributed by atoms with Crippen LogP contribution in [-0.2, 0) is 16.0 Å². The van der Waals surface area contributed by atoms with E-state index >= 15 is 0 Å². The zero-order valence-corrected chi connectivity index (χ0v) is 15.6. The third-order valence-corrected chi connectivity index (χ3v) is 4.59. The molecule has 0 saturated heterocycles. The largest absolute Gasteiger partial charge is 0.492 e. The molecule has 2 aromatic rings. The molecule has 0 bridgehead atoms. The van der Waals surface area contributed by atoms with Crippen LogP contribution in [0.2, 0.25) is 0 Å². The highest BCUT2D eigenvalue weighted by atomic mass is 16.5. The summed E-state index contributed by atoms with van der Waals surface area (Å²) in [6.45, 7) is 3.21. The lowest BCUT2D eigenvalue weighted by atomic mass is 9.95. The maximum atomic E-state index is 12.5. The molecule has 1 aliphatic heterocycles. The van der Waals surface area contributed by atoms with Gasteiger partial charge in [0.25, 0.3) is 5.91 Å². The van der Waals surface area contributed by atoms with Crippen LogP contribution in [0, 0.1) is 12.8 Å². The second kappa shape index (κ2) is 8.68. The number of amides is 2. The molecule has 0 aromatic heterocycles. The molecule has 1 atom stereocenters. The van der Waals surface area contributed by atoms with E-state index in [-0.39, 0.29) is 17.7 Å². The van der Waals surface area contributed by atoms with E-state index in [1.54, 1.807) is 13.2 Å². The third kappa shape index (κ3) is 4.65. The van der Waals surface area contributed by atoms with Crippen molar-refractivity contribution >= 4 is 17.5 Å². The molecular formula is C21H24N2O4. The molecule has 0 aliphatic carbocycles. The molecule has 6 nitrogen and oxygen atoms in total. The first kappa shape index (κ1) is 18.9. The van der Waals surface area contributed by atoms with Crippen LogP contribution in [0.3, 0.4) is 0 Å². The van der Waals surface area contributed by atoms with Gasteiger partial charge in [0.1, 0.15) is 12.4 Å². The highest BCUT2D eigenvalue weighted by Crippen LogP contribution is 2.30. The Morgan fingerprint density at radius 1 is 1.22 bits per heavy atom. The molecule has 1 heterocycles. The van der Waals surface area contributed by atoms with E-state index in [4.69, 9.17) is 9.47 Å². The van der Waals surface area contributed by atoms with Crippen LogP contribution in [0.25, 0.3) is 0 Å². The van der Waals surface area contributed by atoms with E-state index in [2.05, 4.69) is 10.6 Å². The Bertz CT molecular complexity index is 835. The molecule has 0 saturated carbocycles.